The standard InChI is InChI=1S/C17H22N4/c1-11(2)15-16(18-3)19-10-20-17(15)21-14-8-12-6-4-5-7-13(12)9-14/h4-7,10-11,14H,8-9H2,1-3H3,(H2,18,19,20,21). The van der Waals surface area contributed by atoms with Crippen molar-refractivity contribution in [1.29, 1.82) is 0 Å². The minimum Gasteiger partial charge on any atom is -0.373 e. The summed E-state index contributed by atoms with van der Waals surface area (Å²) in [6.45, 7) is 4.35. The summed E-state index contributed by atoms with van der Waals surface area (Å²) in [5, 5.41) is 6.79. The maximum absolute atomic E-state index is 4.47. The van der Waals surface area contributed by atoms with Crippen molar-refractivity contribution in [2.45, 2.75) is 38.6 Å². The van der Waals surface area contributed by atoms with Crippen LogP contribution in [0.25, 0.3) is 0 Å². The molecule has 0 unspecified atom stereocenters. The molecule has 0 saturated heterocycles. The molecule has 1 aliphatic rings. The zero-order chi connectivity index (χ0) is 14.8. The van der Waals surface area contributed by atoms with E-state index >= 15 is 0 Å². The van der Waals surface area contributed by atoms with Crippen molar-refractivity contribution in [3.05, 3.63) is 47.3 Å². The third-order valence-corrected chi connectivity index (χ3v) is 4.09. The molecule has 0 atom stereocenters. The molecule has 4 heteroatoms. The van der Waals surface area contributed by atoms with Crippen LogP contribution in [0.15, 0.2) is 30.6 Å². The minimum absolute atomic E-state index is 0.375. The van der Waals surface area contributed by atoms with Gasteiger partial charge in [-0.1, -0.05) is 38.1 Å². The lowest BCUT2D eigenvalue weighted by atomic mass is 10.0. The van der Waals surface area contributed by atoms with Crippen molar-refractivity contribution in [1.82, 2.24) is 9.97 Å². The smallest absolute Gasteiger partial charge is 0.135 e. The molecule has 110 valence electrons. The maximum atomic E-state index is 4.47. The first-order chi connectivity index (χ1) is 10.2. The van der Waals surface area contributed by atoms with Crippen LogP contribution in [0.5, 0.6) is 0 Å². The molecule has 1 aromatic heterocycles. The van der Waals surface area contributed by atoms with Gasteiger partial charge in [-0.05, 0) is 29.9 Å². The van der Waals surface area contributed by atoms with Gasteiger partial charge in [0.15, 0.2) is 0 Å². The van der Waals surface area contributed by atoms with Crippen molar-refractivity contribution in [3.63, 3.8) is 0 Å². The van der Waals surface area contributed by atoms with E-state index in [1.165, 1.54) is 11.1 Å². The van der Waals surface area contributed by atoms with Crippen LogP contribution in [0, 0.1) is 0 Å². The topological polar surface area (TPSA) is 49.8 Å². The molecule has 0 aliphatic heterocycles. The lowest BCUT2D eigenvalue weighted by Crippen LogP contribution is -2.22. The Balaban J connectivity index is 1.84. The summed E-state index contributed by atoms with van der Waals surface area (Å²) in [5.41, 5.74) is 4.06. The Bertz CT molecular complexity index is 611. The highest BCUT2D eigenvalue weighted by atomic mass is 15.1. The van der Waals surface area contributed by atoms with E-state index in [-0.39, 0.29) is 0 Å². The quantitative estimate of drug-likeness (QED) is 0.904. The average molecular weight is 282 g/mol. The van der Waals surface area contributed by atoms with E-state index < -0.39 is 0 Å². The Morgan fingerprint density at radius 2 is 1.67 bits per heavy atom. The van der Waals surface area contributed by atoms with Gasteiger partial charge < -0.3 is 10.6 Å². The van der Waals surface area contributed by atoms with Gasteiger partial charge in [0.1, 0.15) is 18.0 Å². The van der Waals surface area contributed by atoms with Crippen molar-refractivity contribution < 1.29 is 0 Å². The molecule has 0 fully saturated rings. The van der Waals surface area contributed by atoms with Gasteiger partial charge in [0.2, 0.25) is 0 Å². The van der Waals surface area contributed by atoms with Crippen LogP contribution in [0.4, 0.5) is 11.6 Å². The number of fused-ring (bicyclic) bond motifs is 1. The van der Waals surface area contributed by atoms with Gasteiger partial charge in [-0.25, -0.2) is 9.97 Å². The number of hydrogen-bond acceptors (Lipinski definition) is 4. The minimum atomic E-state index is 0.375. The number of rotatable bonds is 4. The van der Waals surface area contributed by atoms with Crippen molar-refractivity contribution in [3.8, 4) is 0 Å². The van der Waals surface area contributed by atoms with E-state index in [1.807, 2.05) is 7.05 Å². The van der Waals surface area contributed by atoms with E-state index in [4.69, 9.17) is 0 Å². The molecule has 0 saturated carbocycles. The molecular formula is C17H22N4. The van der Waals surface area contributed by atoms with E-state index in [1.54, 1.807) is 6.33 Å². The van der Waals surface area contributed by atoms with Crippen LogP contribution in [-0.2, 0) is 12.8 Å². The maximum Gasteiger partial charge on any atom is 0.135 e. The first-order valence-corrected chi connectivity index (χ1v) is 7.55. The van der Waals surface area contributed by atoms with E-state index in [9.17, 15) is 0 Å². The van der Waals surface area contributed by atoms with Gasteiger partial charge >= 0.3 is 0 Å². The molecule has 2 aromatic rings. The first-order valence-electron chi connectivity index (χ1n) is 7.55. The Hall–Kier alpha value is -2.10. The monoisotopic (exact) mass is 282 g/mol. The highest BCUT2D eigenvalue weighted by molar-refractivity contribution is 5.59. The van der Waals surface area contributed by atoms with Crippen LogP contribution in [0.3, 0.4) is 0 Å². The molecule has 0 spiro atoms. The predicted molar refractivity (Wildman–Crippen MR) is 86.9 cm³/mol. The van der Waals surface area contributed by atoms with Crippen LogP contribution < -0.4 is 10.6 Å². The third kappa shape index (κ3) is 2.71. The zero-order valence-corrected chi connectivity index (χ0v) is 12.9. The summed E-state index contributed by atoms with van der Waals surface area (Å²) in [5.74, 6) is 2.25. The summed E-state index contributed by atoms with van der Waals surface area (Å²) in [7, 11) is 1.91. The molecule has 1 aliphatic carbocycles. The summed E-state index contributed by atoms with van der Waals surface area (Å²) < 4.78 is 0. The second-order valence-electron chi connectivity index (χ2n) is 5.91. The Morgan fingerprint density at radius 1 is 1.05 bits per heavy atom. The number of nitrogens with zero attached hydrogens (tertiary/aromatic N) is 2. The number of benzene rings is 1. The van der Waals surface area contributed by atoms with Gasteiger partial charge in [-0.3, -0.25) is 0 Å². The number of aromatic nitrogens is 2. The fourth-order valence-corrected chi connectivity index (χ4v) is 3.11. The van der Waals surface area contributed by atoms with Crippen molar-refractivity contribution in [2.75, 3.05) is 17.7 Å². The summed E-state index contributed by atoms with van der Waals surface area (Å²) in [4.78, 5) is 8.80. The first kappa shape index (κ1) is 13.9. The number of anilines is 2. The van der Waals surface area contributed by atoms with Gasteiger partial charge in [0, 0.05) is 18.7 Å². The van der Waals surface area contributed by atoms with Crippen LogP contribution in [-0.4, -0.2) is 23.1 Å². The second kappa shape index (κ2) is 5.72. The Labute approximate surface area is 126 Å². The van der Waals surface area contributed by atoms with Crippen molar-refractivity contribution in [2.24, 2.45) is 0 Å². The molecule has 0 amide bonds. The zero-order valence-electron chi connectivity index (χ0n) is 12.9. The van der Waals surface area contributed by atoms with Gasteiger partial charge in [-0.2, -0.15) is 0 Å². The fourth-order valence-electron chi connectivity index (χ4n) is 3.11. The molecule has 1 heterocycles. The number of nitrogens with one attached hydrogen (secondary N) is 2. The normalized spacial score (nSPS) is 14.3. The SMILES string of the molecule is CNc1ncnc(NC2Cc3ccccc3C2)c1C(C)C. The highest BCUT2D eigenvalue weighted by Gasteiger charge is 2.23. The molecule has 2 N–H and O–H groups in total. The largest absolute Gasteiger partial charge is 0.373 e. The third-order valence-electron chi connectivity index (χ3n) is 4.09. The summed E-state index contributed by atoms with van der Waals surface area (Å²) in [6, 6.07) is 9.09. The lowest BCUT2D eigenvalue weighted by Gasteiger charge is -2.19. The van der Waals surface area contributed by atoms with Crippen LogP contribution in [0.2, 0.25) is 0 Å². The molecule has 1 aromatic carbocycles. The Morgan fingerprint density at radius 3 is 2.24 bits per heavy atom. The van der Waals surface area contributed by atoms with Crippen LogP contribution in [0.1, 0.15) is 36.5 Å². The second-order valence-corrected chi connectivity index (χ2v) is 5.91. The number of hydrogen-bond donors (Lipinski definition) is 2. The fraction of sp³-hybridized carbons (Fsp3) is 0.412. The Kier molecular flexibility index (Phi) is 3.78. The molecule has 4 nitrogen and oxygen atoms in total. The molecular weight excluding hydrogens is 260 g/mol. The summed E-state index contributed by atoms with van der Waals surface area (Å²) >= 11 is 0. The molecule has 0 radical (unpaired) electrons. The van der Waals surface area contributed by atoms with Gasteiger partial charge in [-0.15, -0.1) is 0 Å². The molecule has 0 bridgehead atoms. The average Bonchev–Trinajstić information content (AvgIpc) is 2.88. The molecule has 21 heavy (non-hydrogen) atoms. The van der Waals surface area contributed by atoms with E-state index in [2.05, 4.69) is 58.7 Å². The van der Waals surface area contributed by atoms with E-state index in [0.29, 0.717) is 12.0 Å². The van der Waals surface area contributed by atoms with Crippen molar-refractivity contribution >= 4 is 11.6 Å². The molecule has 3 rings (SSSR count). The van der Waals surface area contributed by atoms with Gasteiger partial charge in [0.25, 0.3) is 0 Å². The van der Waals surface area contributed by atoms with Gasteiger partial charge in [0.05, 0.1) is 0 Å². The summed E-state index contributed by atoms with van der Waals surface area (Å²) in [6.07, 6.45) is 3.75. The highest BCUT2D eigenvalue weighted by Crippen LogP contribution is 2.30. The lowest BCUT2D eigenvalue weighted by molar-refractivity contribution is 0.756. The predicted octanol–water partition coefficient (Wildman–Crippen LogP) is 3.22. The van der Waals surface area contributed by atoms with E-state index in [0.717, 1.165) is 30.0 Å². The van der Waals surface area contributed by atoms with Crippen LogP contribution >= 0.6 is 0 Å².